The van der Waals surface area contributed by atoms with Gasteiger partial charge >= 0.3 is 0 Å². The molecule has 5 atom stereocenters. The zero-order valence-electron chi connectivity index (χ0n) is 18.2. The monoisotopic (exact) mass is 476 g/mol. The van der Waals surface area contributed by atoms with Crippen molar-refractivity contribution >= 4 is 11.0 Å². The Bertz CT molecular complexity index is 1250. The molecule has 4 rings (SSSR count). The van der Waals surface area contributed by atoms with Crippen LogP contribution in [0.25, 0.3) is 22.3 Å². The van der Waals surface area contributed by atoms with Crippen LogP contribution < -0.4 is 14.9 Å². The molecular weight excluding hydrogens is 452 g/mol. The third kappa shape index (κ3) is 3.93. The highest BCUT2D eigenvalue weighted by atomic mass is 16.7. The molecule has 6 N–H and O–H groups in total. The van der Waals surface area contributed by atoms with Crippen LogP contribution >= 0.6 is 0 Å². The number of aliphatic hydroxyl groups excluding tert-OH is 4. The number of rotatable bonds is 5. The molecule has 34 heavy (non-hydrogen) atoms. The van der Waals surface area contributed by atoms with Crippen LogP contribution in [0.2, 0.25) is 0 Å². The van der Waals surface area contributed by atoms with Gasteiger partial charge in [0.05, 0.1) is 13.7 Å². The third-order valence-electron chi connectivity index (χ3n) is 5.75. The predicted octanol–water partition coefficient (Wildman–Crippen LogP) is 0.367. The number of hydrogen-bond donors (Lipinski definition) is 6. The molecule has 0 aliphatic carbocycles. The van der Waals surface area contributed by atoms with E-state index in [0.29, 0.717) is 5.56 Å². The average Bonchev–Trinajstić information content (AvgIpc) is 2.82. The van der Waals surface area contributed by atoms with Crippen molar-refractivity contribution in [3.63, 3.8) is 0 Å². The topological polar surface area (TPSA) is 179 Å². The molecule has 1 aliphatic heterocycles. The van der Waals surface area contributed by atoms with Crippen LogP contribution in [0.1, 0.15) is 5.56 Å². The second kappa shape index (κ2) is 9.12. The maximum atomic E-state index is 13.1. The molecule has 1 fully saturated rings. The largest absolute Gasteiger partial charge is 0.508 e. The molecule has 0 amide bonds. The van der Waals surface area contributed by atoms with Crippen LogP contribution in [-0.4, -0.2) is 75.1 Å². The number of phenolic OH excluding ortho intramolecular Hbond substituents is 2. The number of ether oxygens (including phenoxy) is 3. The lowest BCUT2D eigenvalue weighted by molar-refractivity contribution is -0.277. The van der Waals surface area contributed by atoms with Gasteiger partial charge in [-0.05, 0) is 31.2 Å². The number of phenols is 2. The van der Waals surface area contributed by atoms with Gasteiger partial charge in [0.25, 0.3) is 0 Å². The minimum Gasteiger partial charge on any atom is -0.508 e. The van der Waals surface area contributed by atoms with Gasteiger partial charge in [-0.25, -0.2) is 0 Å². The molecular formula is C23H24O11. The zero-order chi connectivity index (χ0) is 24.7. The molecule has 3 aromatic rings. The van der Waals surface area contributed by atoms with Gasteiger partial charge < -0.3 is 49.3 Å². The van der Waals surface area contributed by atoms with Crippen molar-refractivity contribution in [1.82, 2.24) is 0 Å². The first-order valence-corrected chi connectivity index (χ1v) is 10.3. The van der Waals surface area contributed by atoms with Crippen molar-refractivity contribution in [2.24, 2.45) is 0 Å². The van der Waals surface area contributed by atoms with E-state index in [-0.39, 0.29) is 39.5 Å². The van der Waals surface area contributed by atoms with Crippen LogP contribution in [0.15, 0.2) is 39.5 Å². The van der Waals surface area contributed by atoms with E-state index in [1.54, 1.807) is 0 Å². The number of hydrogen-bond acceptors (Lipinski definition) is 11. The Morgan fingerprint density at radius 1 is 1.03 bits per heavy atom. The van der Waals surface area contributed by atoms with Crippen molar-refractivity contribution in [3.8, 4) is 34.3 Å². The van der Waals surface area contributed by atoms with Gasteiger partial charge in [0.15, 0.2) is 5.76 Å². The van der Waals surface area contributed by atoms with E-state index in [4.69, 9.17) is 18.6 Å². The summed E-state index contributed by atoms with van der Waals surface area (Å²) in [6.07, 6.45) is -7.60. The summed E-state index contributed by atoms with van der Waals surface area (Å²) in [6, 6.07) is 7.14. The maximum absolute atomic E-state index is 13.1. The lowest BCUT2D eigenvalue weighted by Gasteiger charge is -2.39. The normalized spacial score (nSPS) is 24.8. The molecule has 0 spiro atoms. The van der Waals surface area contributed by atoms with Gasteiger partial charge in [0, 0.05) is 17.2 Å². The van der Waals surface area contributed by atoms with Gasteiger partial charge in [0.1, 0.15) is 52.6 Å². The Morgan fingerprint density at radius 2 is 1.71 bits per heavy atom. The van der Waals surface area contributed by atoms with Crippen molar-refractivity contribution in [2.75, 3.05) is 13.7 Å². The second-order valence-electron chi connectivity index (χ2n) is 7.88. The molecule has 1 aliphatic rings. The first kappa shape index (κ1) is 23.8. The summed E-state index contributed by atoms with van der Waals surface area (Å²) in [4.78, 5) is 13.1. The van der Waals surface area contributed by atoms with E-state index < -0.39 is 48.5 Å². The van der Waals surface area contributed by atoms with Gasteiger partial charge in [-0.3, -0.25) is 4.79 Å². The molecule has 11 heteroatoms. The minimum absolute atomic E-state index is 0.00865. The van der Waals surface area contributed by atoms with Gasteiger partial charge in [-0.2, -0.15) is 0 Å². The van der Waals surface area contributed by atoms with E-state index in [1.807, 2.05) is 0 Å². The molecule has 0 radical (unpaired) electrons. The zero-order valence-corrected chi connectivity index (χ0v) is 18.2. The van der Waals surface area contributed by atoms with E-state index in [9.17, 15) is 35.4 Å². The summed E-state index contributed by atoms with van der Waals surface area (Å²) in [6.45, 7) is 0.811. The summed E-state index contributed by atoms with van der Waals surface area (Å²) < 4.78 is 22.1. The second-order valence-corrected chi connectivity index (χ2v) is 7.88. The smallest absolute Gasteiger partial charge is 0.239 e. The first-order valence-electron chi connectivity index (χ1n) is 10.3. The van der Waals surface area contributed by atoms with Crippen LogP contribution in [0.4, 0.5) is 0 Å². The van der Waals surface area contributed by atoms with Gasteiger partial charge in [0.2, 0.25) is 17.5 Å². The van der Waals surface area contributed by atoms with E-state index in [2.05, 4.69) is 0 Å². The summed E-state index contributed by atoms with van der Waals surface area (Å²) in [7, 11) is 1.28. The molecule has 5 unspecified atom stereocenters. The van der Waals surface area contributed by atoms with Crippen LogP contribution in [0.5, 0.6) is 23.0 Å². The van der Waals surface area contributed by atoms with E-state index >= 15 is 0 Å². The number of benzene rings is 2. The molecule has 11 nitrogen and oxygen atoms in total. The highest BCUT2D eigenvalue weighted by molar-refractivity contribution is 5.90. The minimum atomic E-state index is -1.68. The van der Waals surface area contributed by atoms with Crippen LogP contribution in [0.3, 0.4) is 0 Å². The van der Waals surface area contributed by atoms with Crippen molar-refractivity contribution in [3.05, 3.63) is 46.1 Å². The molecule has 2 aromatic carbocycles. The highest BCUT2D eigenvalue weighted by Gasteiger charge is 2.45. The summed E-state index contributed by atoms with van der Waals surface area (Å²) in [5, 5.41) is 59.7. The fourth-order valence-electron chi connectivity index (χ4n) is 3.79. The summed E-state index contributed by atoms with van der Waals surface area (Å²) >= 11 is 0. The van der Waals surface area contributed by atoms with Gasteiger partial charge in [-0.15, -0.1) is 0 Å². The fourth-order valence-corrected chi connectivity index (χ4v) is 3.79. The first-order chi connectivity index (χ1) is 16.2. The lowest BCUT2D eigenvalue weighted by Crippen LogP contribution is -2.60. The quantitative estimate of drug-likeness (QED) is 0.299. The van der Waals surface area contributed by atoms with Gasteiger partial charge in [-0.1, -0.05) is 0 Å². The van der Waals surface area contributed by atoms with Crippen molar-refractivity contribution in [1.29, 1.82) is 0 Å². The number of aliphatic hydroxyl groups is 4. The Morgan fingerprint density at radius 3 is 2.32 bits per heavy atom. The number of fused-ring (bicyclic) bond motifs is 1. The van der Waals surface area contributed by atoms with Crippen LogP contribution in [-0.2, 0) is 4.74 Å². The summed E-state index contributed by atoms with van der Waals surface area (Å²) in [5.74, 6) is -0.604. The predicted molar refractivity (Wildman–Crippen MR) is 117 cm³/mol. The number of methoxy groups -OCH3 is 1. The third-order valence-corrected chi connectivity index (χ3v) is 5.75. The number of aromatic hydroxyl groups is 2. The van der Waals surface area contributed by atoms with E-state index in [1.165, 1.54) is 44.4 Å². The van der Waals surface area contributed by atoms with E-state index in [0.717, 1.165) is 0 Å². The molecule has 1 aromatic heterocycles. The van der Waals surface area contributed by atoms with Crippen molar-refractivity contribution < 1.29 is 49.3 Å². The Balaban J connectivity index is 1.83. The SMILES string of the molecule is COc1c(-c2ccc(O)cc2)oc2cc(OC3OC(CO)C(O)C(O)C3O)c(C)c(O)c2c1=O. The molecule has 2 heterocycles. The fraction of sp³-hybridized carbons (Fsp3) is 0.348. The maximum Gasteiger partial charge on any atom is 0.239 e. The molecule has 0 saturated carbocycles. The molecule has 0 bridgehead atoms. The molecule has 182 valence electrons. The highest BCUT2D eigenvalue weighted by Crippen LogP contribution is 2.39. The Labute approximate surface area is 192 Å². The average molecular weight is 476 g/mol. The van der Waals surface area contributed by atoms with Crippen molar-refractivity contribution in [2.45, 2.75) is 37.6 Å². The van der Waals surface area contributed by atoms with Crippen LogP contribution in [0, 0.1) is 6.92 Å². The Kier molecular flexibility index (Phi) is 6.39. The summed E-state index contributed by atoms with van der Waals surface area (Å²) in [5.41, 5.74) is -0.190. The lowest BCUT2D eigenvalue weighted by atomic mass is 9.99. The standard InChI is InChI=1S/C23H24O11/c1-9-12(33-23-20(30)19(29)17(27)14(8-24)34-23)7-13-15(16(9)26)18(28)22(31-2)21(32-13)10-3-5-11(25)6-4-10/h3-7,14,17,19-20,23-27,29-30H,8H2,1-2H3. The Hall–Kier alpha value is -3.35. The molecule has 1 saturated heterocycles.